The Kier molecular flexibility index (Phi) is 5.15. The lowest BCUT2D eigenvalue weighted by Crippen LogP contribution is -2.45. The molecule has 1 aromatic heterocycles. The molecule has 1 unspecified atom stereocenters. The number of anilines is 1. The van der Waals surface area contributed by atoms with Crippen LogP contribution in [0, 0.1) is 0 Å². The molecular formula is C16H25N3O2. The maximum absolute atomic E-state index is 11.5. The summed E-state index contributed by atoms with van der Waals surface area (Å²) in [6.07, 6.45) is 4.61. The Morgan fingerprint density at radius 1 is 1.43 bits per heavy atom. The third kappa shape index (κ3) is 3.71. The van der Waals surface area contributed by atoms with Gasteiger partial charge in [0, 0.05) is 24.2 Å². The number of rotatable bonds is 5. The molecule has 1 aromatic rings. The third-order valence-electron chi connectivity index (χ3n) is 3.89. The average Bonchev–Trinajstić information content (AvgIpc) is 2.47. The van der Waals surface area contributed by atoms with Gasteiger partial charge in [-0.2, -0.15) is 0 Å². The summed E-state index contributed by atoms with van der Waals surface area (Å²) in [6.45, 7) is 7.02. The van der Waals surface area contributed by atoms with Gasteiger partial charge < -0.3 is 10.0 Å². The van der Waals surface area contributed by atoms with Crippen molar-refractivity contribution in [2.75, 3.05) is 11.4 Å². The first-order valence-corrected chi connectivity index (χ1v) is 7.90. The van der Waals surface area contributed by atoms with Crippen LogP contribution < -0.4 is 4.90 Å². The molecule has 1 N–H and O–H groups in total. The number of hydrogen-bond donors (Lipinski definition) is 1. The number of aryl methyl sites for hydroxylation is 1. The van der Waals surface area contributed by atoms with Gasteiger partial charge in [0.15, 0.2) is 0 Å². The summed E-state index contributed by atoms with van der Waals surface area (Å²) >= 11 is 0. The Labute approximate surface area is 126 Å². The zero-order valence-corrected chi connectivity index (χ0v) is 13.2. The molecule has 0 radical (unpaired) electrons. The molecule has 1 aliphatic heterocycles. The molecule has 2 heterocycles. The second-order valence-corrected chi connectivity index (χ2v) is 6.02. The van der Waals surface area contributed by atoms with Crippen molar-refractivity contribution in [1.29, 1.82) is 0 Å². The minimum Gasteiger partial charge on any atom is -0.480 e. The molecule has 2 rings (SSSR count). The van der Waals surface area contributed by atoms with Gasteiger partial charge in [0.2, 0.25) is 0 Å². The van der Waals surface area contributed by atoms with E-state index in [-0.39, 0.29) is 5.92 Å². The van der Waals surface area contributed by atoms with Gasteiger partial charge in [0.1, 0.15) is 17.7 Å². The molecule has 0 saturated carbocycles. The molecule has 0 aromatic carbocycles. The first-order valence-electron chi connectivity index (χ1n) is 7.90. The summed E-state index contributed by atoms with van der Waals surface area (Å²) in [4.78, 5) is 22.7. The predicted octanol–water partition coefficient (Wildman–Crippen LogP) is 3.00. The fraction of sp³-hybridized carbons (Fsp3) is 0.688. The molecule has 21 heavy (non-hydrogen) atoms. The maximum Gasteiger partial charge on any atom is 0.326 e. The third-order valence-corrected chi connectivity index (χ3v) is 3.89. The molecule has 5 heteroatoms. The predicted molar refractivity (Wildman–Crippen MR) is 82.7 cm³/mol. The van der Waals surface area contributed by atoms with Crippen molar-refractivity contribution in [1.82, 2.24) is 9.97 Å². The Balaban J connectivity index is 2.37. The van der Waals surface area contributed by atoms with Gasteiger partial charge in [-0.3, -0.25) is 0 Å². The van der Waals surface area contributed by atoms with E-state index in [1.165, 1.54) is 0 Å². The van der Waals surface area contributed by atoms with Crippen LogP contribution in [0.5, 0.6) is 0 Å². The highest BCUT2D eigenvalue weighted by Crippen LogP contribution is 2.25. The van der Waals surface area contributed by atoms with Crippen molar-refractivity contribution >= 4 is 11.8 Å². The second-order valence-electron chi connectivity index (χ2n) is 6.02. The topological polar surface area (TPSA) is 66.3 Å². The number of carboxylic acid groups (broad SMARTS) is 1. The van der Waals surface area contributed by atoms with Crippen molar-refractivity contribution in [3.63, 3.8) is 0 Å². The first-order chi connectivity index (χ1) is 10.0. The summed E-state index contributed by atoms with van der Waals surface area (Å²) in [5, 5.41) is 9.44. The van der Waals surface area contributed by atoms with Crippen LogP contribution in [-0.2, 0) is 11.2 Å². The maximum atomic E-state index is 11.5. The highest BCUT2D eigenvalue weighted by atomic mass is 16.4. The number of carboxylic acids is 1. The first kappa shape index (κ1) is 15.7. The zero-order chi connectivity index (χ0) is 15.4. The zero-order valence-electron chi connectivity index (χ0n) is 13.2. The quantitative estimate of drug-likeness (QED) is 0.903. The van der Waals surface area contributed by atoms with Crippen molar-refractivity contribution < 1.29 is 9.90 Å². The monoisotopic (exact) mass is 291 g/mol. The van der Waals surface area contributed by atoms with Gasteiger partial charge in [-0.05, 0) is 25.7 Å². The van der Waals surface area contributed by atoms with Crippen LogP contribution in [0.4, 0.5) is 5.82 Å². The summed E-state index contributed by atoms with van der Waals surface area (Å²) in [7, 11) is 0. The number of aliphatic carboxylic acids is 1. The summed E-state index contributed by atoms with van der Waals surface area (Å²) in [5.41, 5.74) is 1.01. The Morgan fingerprint density at radius 3 is 2.81 bits per heavy atom. The Hall–Kier alpha value is -1.65. The highest BCUT2D eigenvalue weighted by Gasteiger charge is 2.30. The van der Waals surface area contributed by atoms with Crippen LogP contribution in [0.25, 0.3) is 0 Å². The van der Waals surface area contributed by atoms with E-state index in [1.807, 2.05) is 11.0 Å². The van der Waals surface area contributed by atoms with Crippen LogP contribution >= 0.6 is 0 Å². The van der Waals surface area contributed by atoms with Gasteiger partial charge in [-0.1, -0.05) is 27.2 Å². The minimum absolute atomic E-state index is 0.244. The van der Waals surface area contributed by atoms with Crippen LogP contribution in [-0.4, -0.2) is 33.6 Å². The van der Waals surface area contributed by atoms with E-state index >= 15 is 0 Å². The lowest BCUT2D eigenvalue weighted by Gasteiger charge is -2.34. The lowest BCUT2D eigenvalue weighted by atomic mass is 10.0. The van der Waals surface area contributed by atoms with Gasteiger partial charge in [-0.15, -0.1) is 0 Å². The normalized spacial score (nSPS) is 19.0. The standard InChI is InChI=1S/C16H25N3O2/c1-4-7-12-10-14(18-15(17-12)11(2)3)19-9-6-5-8-13(19)16(20)21/h10-11,13H,4-9H2,1-3H3,(H,20,21). The summed E-state index contributed by atoms with van der Waals surface area (Å²) < 4.78 is 0. The number of hydrogen-bond acceptors (Lipinski definition) is 4. The van der Waals surface area contributed by atoms with E-state index < -0.39 is 12.0 Å². The highest BCUT2D eigenvalue weighted by molar-refractivity contribution is 5.78. The molecule has 0 bridgehead atoms. The summed E-state index contributed by atoms with van der Waals surface area (Å²) in [5.74, 6) is 1.08. The SMILES string of the molecule is CCCc1cc(N2CCCCC2C(=O)O)nc(C(C)C)n1. The van der Waals surface area contributed by atoms with E-state index in [4.69, 9.17) is 0 Å². The van der Waals surface area contributed by atoms with Crippen molar-refractivity contribution in [2.24, 2.45) is 0 Å². The smallest absolute Gasteiger partial charge is 0.326 e. The van der Waals surface area contributed by atoms with E-state index in [9.17, 15) is 9.90 Å². The average molecular weight is 291 g/mol. The Bertz CT molecular complexity index is 502. The van der Waals surface area contributed by atoms with Crippen molar-refractivity contribution in [3.05, 3.63) is 17.6 Å². The van der Waals surface area contributed by atoms with Crippen molar-refractivity contribution in [3.8, 4) is 0 Å². The van der Waals surface area contributed by atoms with Crippen LogP contribution in [0.1, 0.15) is 63.9 Å². The number of nitrogens with zero attached hydrogens (tertiary/aromatic N) is 3. The fourth-order valence-corrected chi connectivity index (χ4v) is 2.76. The largest absolute Gasteiger partial charge is 0.480 e. The van der Waals surface area contributed by atoms with E-state index in [2.05, 4.69) is 30.7 Å². The lowest BCUT2D eigenvalue weighted by molar-refractivity contribution is -0.139. The number of aromatic nitrogens is 2. The van der Waals surface area contributed by atoms with Crippen LogP contribution in [0.15, 0.2) is 6.07 Å². The second kappa shape index (κ2) is 6.87. The molecule has 1 fully saturated rings. The molecule has 0 aliphatic carbocycles. The molecule has 0 amide bonds. The number of carbonyl (C=O) groups is 1. The molecular weight excluding hydrogens is 266 g/mol. The van der Waals surface area contributed by atoms with Gasteiger partial charge in [-0.25, -0.2) is 14.8 Å². The van der Waals surface area contributed by atoms with Crippen LogP contribution in [0.3, 0.4) is 0 Å². The number of piperidine rings is 1. The van der Waals surface area contributed by atoms with E-state index in [0.717, 1.165) is 49.6 Å². The Morgan fingerprint density at radius 2 is 2.19 bits per heavy atom. The minimum atomic E-state index is -0.753. The fourth-order valence-electron chi connectivity index (χ4n) is 2.76. The molecule has 1 saturated heterocycles. The molecule has 0 spiro atoms. The molecule has 1 atom stereocenters. The van der Waals surface area contributed by atoms with Gasteiger partial charge in [0.05, 0.1) is 0 Å². The molecule has 116 valence electrons. The van der Waals surface area contributed by atoms with E-state index in [1.54, 1.807) is 0 Å². The molecule has 1 aliphatic rings. The van der Waals surface area contributed by atoms with Gasteiger partial charge >= 0.3 is 5.97 Å². The van der Waals surface area contributed by atoms with Crippen molar-refractivity contribution in [2.45, 2.75) is 64.8 Å². The van der Waals surface area contributed by atoms with Crippen LogP contribution in [0.2, 0.25) is 0 Å². The van der Waals surface area contributed by atoms with Gasteiger partial charge in [0.25, 0.3) is 0 Å². The summed E-state index contributed by atoms with van der Waals surface area (Å²) in [6, 6.07) is 1.51. The van der Waals surface area contributed by atoms with E-state index in [0.29, 0.717) is 6.42 Å². The molecule has 5 nitrogen and oxygen atoms in total.